The molecule has 2 aromatic rings. The normalized spacial score (nSPS) is 15.8. The van der Waals surface area contributed by atoms with Crippen LogP contribution in [0.25, 0.3) is 0 Å². The number of nitrogens with one attached hydrogen (secondary N) is 1. The minimum Gasteiger partial charge on any atom is -0.454 e. The Morgan fingerprint density at radius 1 is 1.14 bits per heavy atom. The molecule has 0 spiro atoms. The Bertz CT molecular complexity index is 915. The maximum absolute atomic E-state index is 12.6. The van der Waals surface area contributed by atoms with Gasteiger partial charge in [0.15, 0.2) is 12.4 Å². The highest BCUT2D eigenvalue weighted by Crippen LogP contribution is 2.27. The number of hydrogen-bond acceptors (Lipinski definition) is 6. The smallest absolute Gasteiger partial charge is 0.329 e. The van der Waals surface area contributed by atoms with E-state index >= 15 is 0 Å². The number of ether oxygens (including phenoxy) is 1. The first-order valence-corrected chi connectivity index (χ1v) is 10.2. The van der Waals surface area contributed by atoms with Crippen molar-refractivity contribution >= 4 is 46.5 Å². The number of carbonyl (C=O) groups excluding carboxylic acids is 4. The third-order valence-corrected chi connectivity index (χ3v) is 5.68. The number of esters is 1. The van der Waals surface area contributed by atoms with Crippen LogP contribution in [0.15, 0.2) is 42.5 Å². The van der Waals surface area contributed by atoms with Crippen molar-refractivity contribution in [2.24, 2.45) is 0 Å². The zero-order valence-electron chi connectivity index (χ0n) is 15.4. The third kappa shape index (κ3) is 5.42. The molecule has 7 nitrogen and oxygen atoms in total. The second kappa shape index (κ2) is 9.67. The molecule has 2 amide bonds. The zero-order chi connectivity index (χ0) is 20.8. The van der Waals surface area contributed by atoms with E-state index < -0.39 is 24.5 Å². The first-order valence-electron chi connectivity index (χ1n) is 9.03. The molecule has 1 aliphatic rings. The summed E-state index contributed by atoms with van der Waals surface area (Å²) in [4.78, 5) is 50.7. The van der Waals surface area contributed by atoms with E-state index in [1.165, 1.54) is 4.90 Å². The lowest BCUT2D eigenvalue weighted by atomic mass is 10.1. The number of Topliss-reactive ketones (excluding diaryl/α,β-unsaturated/α-hetero) is 1. The van der Waals surface area contributed by atoms with Gasteiger partial charge in [-0.25, -0.2) is 4.79 Å². The molecule has 1 N–H and O–H groups in total. The molecule has 152 valence electrons. The van der Waals surface area contributed by atoms with Crippen LogP contribution in [0.1, 0.15) is 32.9 Å². The molecule has 3 rings (SSSR count). The maximum atomic E-state index is 12.6. The fourth-order valence-electron chi connectivity index (χ4n) is 3.01. The summed E-state index contributed by atoms with van der Waals surface area (Å²) in [7, 11) is 0. The van der Waals surface area contributed by atoms with Crippen LogP contribution in [0, 0.1) is 0 Å². The highest BCUT2D eigenvalue weighted by atomic mass is 35.5. The number of rotatable bonds is 7. The Balaban J connectivity index is 1.47. The molecular weight excluding hydrogens is 416 g/mol. The molecule has 1 aliphatic heterocycles. The Labute approximate surface area is 176 Å². The van der Waals surface area contributed by atoms with E-state index in [-0.39, 0.29) is 18.2 Å². The molecule has 1 saturated heterocycles. The van der Waals surface area contributed by atoms with Crippen molar-refractivity contribution in [3.63, 3.8) is 0 Å². The fourth-order valence-corrected chi connectivity index (χ4v) is 4.01. The van der Waals surface area contributed by atoms with Crippen molar-refractivity contribution < 1.29 is 23.9 Å². The summed E-state index contributed by atoms with van der Waals surface area (Å²) in [6, 6.07) is 11.1. The Morgan fingerprint density at radius 2 is 1.90 bits per heavy atom. The zero-order valence-corrected chi connectivity index (χ0v) is 17.0. The maximum Gasteiger partial charge on any atom is 0.329 e. The highest BCUT2D eigenvalue weighted by Gasteiger charge is 2.36. The number of hydrogen-bond donors (Lipinski definition) is 1. The third-order valence-electron chi connectivity index (χ3n) is 4.46. The largest absolute Gasteiger partial charge is 0.454 e. The fraction of sp³-hybridized carbons (Fsp3) is 0.300. The molecule has 29 heavy (non-hydrogen) atoms. The standard InChI is InChI=1S/C20H19ClN2O5S/c21-17-9-8-16(29-17)19(26)23-10-4-7-14(23)20(27)28-12-18(25)22-11-15(24)13-5-2-1-3-6-13/h1-3,5-6,8-9,14H,4,7,10-12H2,(H,22,25). The van der Waals surface area contributed by atoms with Crippen molar-refractivity contribution in [2.45, 2.75) is 18.9 Å². The van der Waals surface area contributed by atoms with Gasteiger partial charge in [0, 0.05) is 12.1 Å². The van der Waals surface area contributed by atoms with Crippen molar-refractivity contribution in [1.82, 2.24) is 10.2 Å². The SMILES string of the molecule is O=C(COC(=O)C1CCCN1C(=O)c1ccc(Cl)s1)NCC(=O)c1ccccc1. The average molecular weight is 435 g/mol. The summed E-state index contributed by atoms with van der Waals surface area (Å²) in [6.07, 6.45) is 1.14. The molecule has 0 bridgehead atoms. The molecule has 1 unspecified atom stereocenters. The van der Waals surface area contributed by atoms with E-state index in [1.807, 2.05) is 0 Å². The van der Waals surface area contributed by atoms with Crippen molar-refractivity contribution in [2.75, 3.05) is 19.7 Å². The molecule has 0 saturated carbocycles. The van der Waals surface area contributed by atoms with Crippen molar-refractivity contribution in [3.8, 4) is 0 Å². The van der Waals surface area contributed by atoms with E-state index in [1.54, 1.807) is 42.5 Å². The number of halogens is 1. The number of ketones is 1. The van der Waals surface area contributed by atoms with Crippen LogP contribution < -0.4 is 5.32 Å². The lowest BCUT2D eigenvalue weighted by Gasteiger charge is -2.22. The average Bonchev–Trinajstić information content (AvgIpc) is 3.39. The lowest BCUT2D eigenvalue weighted by Crippen LogP contribution is -2.42. The van der Waals surface area contributed by atoms with Crippen LogP contribution in [0.5, 0.6) is 0 Å². The molecule has 1 atom stereocenters. The number of thiophene rings is 1. The van der Waals surface area contributed by atoms with Crippen LogP contribution in [-0.4, -0.2) is 54.2 Å². The van der Waals surface area contributed by atoms with Gasteiger partial charge in [-0.3, -0.25) is 14.4 Å². The molecule has 2 heterocycles. The van der Waals surface area contributed by atoms with Crippen LogP contribution in [0.2, 0.25) is 4.34 Å². The van der Waals surface area contributed by atoms with Gasteiger partial charge in [0.2, 0.25) is 0 Å². The molecule has 1 fully saturated rings. The molecule has 1 aromatic heterocycles. The monoisotopic (exact) mass is 434 g/mol. The summed E-state index contributed by atoms with van der Waals surface area (Å²) in [5.74, 6) is -1.74. The van der Waals surface area contributed by atoms with Gasteiger partial charge in [0.25, 0.3) is 11.8 Å². The minimum absolute atomic E-state index is 0.187. The van der Waals surface area contributed by atoms with Gasteiger partial charge in [-0.2, -0.15) is 0 Å². The number of carbonyl (C=O) groups is 4. The second-order valence-electron chi connectivity index (χ2n) is 6.43. The van der Waals surface area contributed by atoms with E-state index in [0.717, 1.165) is 11.3 Å². The van der Waals surface area contributed by atoms with Gasteiger partial charge in [-0.05, 0) is 25.0 Å². The molecular formula is C20H19ClN2O5S. The van der Waals surface area contributed by atoms with E-state index in [2.05, 4.69) is 5.32 Å². The van der Waals surface area contributed by atoms with Crippen molar-refractivity contribution in [3.05, 3.63) is 57.2 Å². The molecule has 1 aromatic carbocycles. The minimum atomic E-state index is -0.734. The topological polar surface area (TPSA) is 92.8 Å². The van der Waals surface area contributed by atoms with Crippen LogP contribution in [-0.2, 0) is 14.3 Å². The van der Waals surface area contributed by atoms with Crippen LogP contribution in [0.3, 0.4) is 0 Å². The van der Waals surface area contributed by atoms with Crippen LogP contribution in [0.4, 0.5) is 0 Å². The Hall–Kier alpha value is -2.71. The summed E-state index contributed by atoms with van der Waals surface area (Å²) in [5, 5.41) is 2.43. The number of amides is 2. The lowest BCUT2D eigenvalue weighted by molar-refractivity contribution is -0.152. The number of likely N-dealkylation sites (tertiary alicyclic amines) is 1. The molecule has 0 aliphatic carbocycles. The summed E-state index contributed by atoms with van der Waals surface area (Å²) < 4.78 is 5.56. The molecule has 0 radical (unpaired) electrons. The first kappa shape index (κ1) is 21.0. The quantitative estimate of drug-likeness (QED) is 0.534. The van der Waals surface area contributed by atoms with Gasteiger partial charge >= 0.3 is 5.97 Å². The van der Waals surface area contributed by atoms with E-state index in [9.17, 15) is 19.2 Å². The highest BCUT2D eigenvalue weighted by molar-refractivity contribution is 7.18. The van der Waals surface area contributed by atoms with Crippen molar-refractivity contribution in [1.29, 1.82) is 0 Å². The first-order chi connectivity index (χ1) is 14.0. The van der Waals surface area contributed by atoms with Gasteiger partial charge in [0.05, 0.1) is 15.8 Å². The van der Waals surface area contributed by atoms with Gasteiger partial charge < -0.3 is 15.0 Å². The summed E-state index contributed by atoms with van der Waals surface area (Å²) in [6.45, 7) is -0.260. The van der Waals surface area contributed by atoms with E-state index in [0.29, 0.717) is 34.2 Å². The summed E-state index contributed by atoms with van der Waals surface area (Å²) >= 11 is 7.02. The molecule has 9 heteroatoms. The Kier molecular flexibility index (Phi) is 7.00. The van der Waals surface area contributed by atoms with Gasteiger partial charge in [-0.15, -0.1) is 11.3 Å². The van der Waals surface area contributed by atoms with Gasteiger partial charge in [0.1, 0.15) is 6.04 Å². The van der Waals surface area contributed by atoms with Gasteiger partial charge in [-0.1, -0.05) is 41.9 Å². The number of benzene rings is 1. The Morgan fingerprint density at radius 3 is 2.59 bits per heavy atom. The predicted molar refractivity (Wildman–Crippen MR) is 108 cm³/mol. The predicted octanol–water partition coefficient (Wildman–Crippen LogP) is 2.55. The summed E-state index contributed by atoms with van der Waals surface area (Å²) in [5.41, 5.74) is 0.485. The number of nitrogens with zero attached hydrogens (tertiary/aromatic N) is 1. The van der Waals surface area contributed by atoms with E-state index in [4.69, 9.17) is 16.3 Å². The van der Waals surface area contributed by atoms with Crippen LogP contribution >= 0.6 is 22.9 Å². The second-order valence-corrected chi connectivity index (χ2v) is 8.15.